The first-order valence-electron chi connectivity index (χ1n) is 7.56. The fourth-order valence-electron chi connectivity index (χ4n) is 2.76. The molecule has 0 bridgehead atoms. The predicted molar refractivity (Wildman–Crippen MR) is 86.6 cm³/mol. The molecule has 1 saturated heterocycles. The Morgan fingerprint density at radius 1 is 1.41 bits per heavy atom. The summed E-state index contributed by atoms with van der Waals surface area (Å²) < 4.78 is 5.50. The lowest BCUT2D eigenvalue weighted by atomic mass is 9.84. The maximum Gasteiger partial charge on any atom is 0.142 e. The van der Waals surface area contributed by atoms with Crippen LogP contribution in [-0.4, -0.2) is 41.4 Å². The Hall–Kier alpha value is -1.34. The van der Waals surface area contributed by atoms with E-state index < -0.39 is 0 Å². The summed E-state index contributed by atoms with van der Waals surface area (Å²) in [6.45, 7) is 3.32. The molecular formula is C16H21N3O2S. The van der Waals surface area contributed by atoms with Gasteiger partial charge in [0.05, 0.1) is 18.0 Å². The minimum absolute atomic E-state index is 0.0780. The van der Waals surface area contributed by atoms with Crippen molar-refractivity contribution in [1.82, 2.24) is 15.3 Å². The summed E-state index contributed by atoms with van der Waals surface area (Å²) >= 11 is 1.62. The Kier molecular flexibility index (Phi) is 5.15. The summed E-state index contributed by atoms with van der Waals surface area (Å²) in [4.78, 5) is 8.95. The van der Waals surface area contributed by atoms with Gasteiger partial charge in [0.1, 0.15) is 5.01 Å². The van der Waals surface area contributed by atoms with Gasteiger partial charge in [-0.3, -0.25) is 4.98 Å². The van der Waals surface area contributed by atoms with Crippen LogP contribution in [0, 0.1) is 5.41 Å². The molecule has 0 amide bonds. The normalized spacial score (nSPS) is 21.3. The Morgan fingerprint density at radius 3 is 3.09 bits per heavy atom. The standard InChI is InChI=1S/C16H21N3O2S/c20-7-4-16(5-8-21-12-16)11-17-9-13-10-22-15(19-13)14-3-1-2-6-18-14/h1-3,6,10,17,20H,4-5,7-9,11-12H2. The first kappa shape index (κ1) is 15.6. The highest BCUT2D eigenvalue weighted by Crippen LogP contribution is 2.31. The Balaban J connectivity index is 1.55. The van der Waals surface area contributed by atoms with Crippen molar-refractivity contribution in [2.75, 3.05) is 26.4 Å². The van der Waals surface area contributed by atoms with Crippen LogP contribution in [0.5, 0.6) is 0 Å². The highest BCUT2D eigenvalue weighted by atomic mass is 32.1. The van der Waals surface area contributed by atoms with Gasteiger partial charge in [-0.1, -0.05) is 6.07 Å². The van der Waals surface area contributed by atoms with Gasteiger partial charge < -0.3 is 15.2 Å². The number of nitrogens with one attached hydrogen (secondary N) is 1. The van der Waals surface area contributed by atoms with Crippen LogP contribution in [-0.2, 0) is 11.3 Å². The van der Waals surface area contributed by atoms with E-state index in [4.69, 9.17) is 4.74 Å². The summed E-state index contributed by atoms with van der Waals surface area (Å²) in [5.74, 6) is 0. The number of hydrogen-bond donors (Lipinski definition) is 2. The van der Waals surface area contributed by atoms with E-state index >= 15 is 0 Å². The molecule has 2 aromatic heterocycles. The Bertz CT molecular complexity index is 582. The zero-order valence-electron chi connectivity index (χ0n) is 12.5. The number of pyridine rings is 1. The quantitative estimate of drug-likeness (QED) is 0.818. The van der Waals surface area contributed by atoms with Crippen molar-refractivity contribution in [3.05, 3.63) is 35.5 Å². The lowest BCUT2D eigenvalue weighted by Gasteiger charge is -2.26. The average Bonchev–Trinajstić information content (AvgIpc) is 3.19. The number of aliphatic hydroxyl groups excluding tert-OH is 1. The van der Waals surface area contributed by atoms with Gasteiger partial charge in [-0.2, -0.15) is 0 Å². The van der Waals surface area contributed by atoms with Gasteiger partial charge in [0.15, 0.2) is 0 Å². The minimum Gasteiger partial charge on any atom is -0.396 e. The maximum absolute atomic E-state index is 9.24. The summed E-state index contributed by atoms with van der Waals surface area (Å²) in [5.41, 5.74) is 2.03. The van der Waals surface area contributed by atoms with Crippen LogP contribution in [0.15, 0.2) is 29.8 Å². The SMILES string of the molecule is OCCC1(CNCc2csc(-c3ccccn3)n2)CCOC1. The van der Waals surface area contributed by atoms with E-state index in [-0.39, 0.29) is 12.0 Å². The number of aliphatic hydroxyl groups is 1. The highest BCUT2D eigenvalue weighted by molar-refractivity contribution is 7.13. The Labute approximate surface area is 134 Å². The van der Waals surface area contributed by atoms with Crippen molar-refractivity contribution in [1.29, 1.82) is 0 Å². The van der Waals surface area contributed by atoms with E-state index in [9.17, 15) is 5.11 Å². The topological polar surface area (TPSA) is 67.3 Å². The highest BCUT2D eigenvalue weighted by Gasteiger charge is 2.33. The van der Waals surface area contributed by atoms with E-state index in [1.54, 1.807) is 17.5 Å². The zero-order valence-corrected chi connectivity index (χ0v) is 13.3. The molecule has 5 nitrogen and oxygen atoms in total. The molecule has 0 aromatic carbocycles. The second-order valence-electron chi connectivity index (χ2n) is 5.74. The van der Waals surface area contributed by atoms with Crippen LogP contribution < -0.4 is 5.32 Å². The number of nitrogens with zero attached hydrogens (tertiary/aromatic N) is 2. The molecule has 1 fully saturated rings. The van der Waals surface area contributed by atoms with Gasteiger partial charge >= 0.3 is 0 Å². The summed E-state index contributed by atoms with van der Waals surface area (Å²) in [6, 6.07) is 5.85. The third-order valence-electron chi connectivity index (χ3n) is 4.07. The fourth-order valence-corrected chi connectivity index (χ4v) is 3.56. The molecule has 22 heavy (non-hydrogen) atoms. The molecule has 1 aliphatic heterocycles. The van der Waals surface area contributed by atoms with Crippen molar-refractivity contribution in [2.45, 2.75) is 19.4 Å². The number of rotatable bonds is 7. The molecule has 0 aliphatic carbocycles. The van der Waals surface area contributed by atoms with Crippen molar-refractivity contribution in [3.63, 3.8) is 0 Å². The van der Waals surface area contributed by atoms with Gasteiger partial charge in [0.25, 0.3) is 0 Å². The predicted octanol–water partition coefficient (Wildman–Crippen LogP) is 2.08. The summed E-state index contributed by atoms with van der Waals surface area (Å²) in [5, 5.41) is 15.7. The molecule has 118 valence electrons. The van der Waals surface area contributed by atoms with E-state index in [0.29, 0.717) is 0 Å². The van der Waals surface area contributed by atoms with E-state index in [1.807, 2.05) is 18.2 Å². The average molecular weight is 319 g/mol. The molecule has 0 spiro atoms. The smallest absolute Gasteiger partial charge is 0.142 e. The van der Waals surface area contributed by atoms with Crippen molar-refractivity contribution < 1.29 is 9.84 Å². The zero-order chi connectivity index (χ0) is 15.3. The largest absolute Gasteiger partial charge is 0.396 e. The molecule has 1 aliphatic rings. The third-order valence-corrected chi connectivity index (χ3v) is 4.98. The van der Waals surface area contributed by atoms with Gasteiger partial charge in [0.2, 0.25) is 0 Å². The molecule has 0 saturated carbocycles. The maximum atomic E-state index is 9.24. The number of ether oxygens (including phenoxy) is 1. The van der Waals surface area contributed by atoms with Crippen LogP contribution in [0.25, 0.3) is 10.7 Å². The van der Waals surface area contributed by atoms with Crippen LogP contribution in [0.3, 0.4) is 0 Å². The molecule has 1 atom stereocenters. The monoisotopic (exact) mass is 319 g/mol. The lowest BCUT2D eigenvalue weighted by molar-refractivity contribution is 0.124. The molecule has 1 unspecified atom stereocenters. The number of aromatic nitrogens is 2. The molecular weight excluding hydrogens is 298 g/mol. The number of thiazole rings is 1. The fraction of sp³-hybridized carbons (Fsp3) is 0.500. The third kappa shape index (κ3) is 3.70. The van der Waals surface area contributed by atoms with Gasteiger partial charge in [-0.15, -0.1) is 11.3 Å². The van der Waals surface area contributed by atoms with Crippen molar-refractivity contribution in [2.24, 2.45) is 5.41 Å². The van der Waals surface area contributed by atoms with Gasteiger partial charge in [0, 0.05) is 43.3 Å². The molecule has 6 heteroatoms. The second-order valence-corrected chi connectivity index (χ2v) is 6.60. The van der Waals surface area contributed by atoms with Crippen molar-refractivity contribution >= 4 is 11.3 Å². The van der Waals surface area contributed by atoms with Gasteiger partial charge in [-0.05, 0) is 25.0 Å². The summed E-state index contributed by atoms with van der Waals surface area (Å²) in [6.07, 6.45) is 3.58. The van der Waals surface area contributed by atoms with Crippen LogP contribution in [0.4, 0.5) is 0 Å². The second kappa shape index (κ2) is 7.28. The number of hydrogen-bond acceptors (Lipinski definition) is 6. The van der Waals surface area contributed by atoms with E-state index in [2.05, 4.69) is 20.7 Å². The van der Waals surface area contributed by atoms with Crippen molar-refractivity contribution in [3.8, 4) is 10.7 Å². The minimum atomic E-state index is 0.0780. The van der Waals surface area contributed by atoms with Gasteiger partial charge in [-0.25, -0.2) is 4.98 Å². The molecule has 2 aromatic rings. The van der Waals surface area contributed by atoms with E-state index in [1.165, 1.54) is 0 Å². The Morgan fingerprint density at radius 2 is 2.36 bits per heavy atom. The first-order valence-corrected chi connectivity index (χ1v) is 8.44. The molecule has 3 rings (SSSR count). The first-order chi connectivity index (χ1) is 10.8. The lowest BCUT2D eigenvalue weighted by Crippen LogP contribution is -2.35. The molecule has 2 N–H and O–H groups in total. The molecule has 3 heterocycles. The van der Waals surface area contributed by atoms with E-state index in [0.717, 1.165) is 55.5 Å². The van der Waals surface area contributed by atoms with Crippen LogP contribution in [0.1, 0.15) is 18.5 Å². The molecule has 0 radical (unpaired) electrons. The summed E-state index contributed by atoms with van der Waals surface area (Å²) in [7, 11) is 0. The van der Waals surface area contributed by atoms with Crippen LogP contribution >= 0.6 is 11.3 Å². The van der Waals surface area contributed by atoms with Crippen LogP contribution in [0.2, 0.25) is 0 Å².